The van der Waals surface area contributed by atoms with Crippen molar-refractivity contribution >= 4 is 51.7 Å². The Morgan fingerprint density at radius 1 is 1.06 bits per heavy atom. The van der Waals surface area contributed by atoms with Gasteiger partial charge in [-0.15, -0.1) is 0 Å². The molecular weight excluding hydrogens is 460 g/mol. The van der Waals surface area contributed by atoms with Crippen molar-refractivity contribution < 1.29 is 9.72 Å². The molecule has 0 radical (unpaired) electrons. The number of anilines is 1. The van der Waals surface area contributed by atoms with Gasteiger partial charge >= 0.3 is 0 Å². The molecular formula is C24H19ClN4O3S. The molecule has 3 aromatic carbocycles. The summed E-state index contributed by atoms with van der Waals surface area (Å²) in [6, 6.07) is 19.3. The average Bonchev–Trinajstić information content (AvgIpc) is 2.80. The number of aryl methyl sites for hydroxylation is 1. The molecule has 33 heavy (non-hydrogen) atoms. The second-order valence-electron chi connectivity index (χ2n) is 7.37. The highest BCUT2D eigenvalue weighted by molar-refractivity contribution is 8.00. The number of non-ortho nitro benzene ring substituents is 1. The van der Waals surface area contributed by atoms with Crippen LogP contribution in [0.5, 0.6) is 0 Å². The quantitative estimate of drug-likeness (QED) is 0.204. The fourth-order valence-corrected chi connectivity index (χ4v) is 4.19. The van der Waals surface area contributed by atoms with Gasteiger partial charge < -0.3 is 5.32 Å². The van der Waals surface area contributed by atoms with Gasteiger partial charge in [0.15, 0.2) is 0 Å². The van der Waals surface area contributed by atoms with Crippen LogP contribution in [0.1, 0.15) is 16.8 Å². The number of carbonyl (C=O) groups excluding carboxylic acids is 1. The van der Waals surface area contributed by atoms with E-state index in [1.54, 1.807) is 18.2 Å². The summed E-state index contributed by atoms with van der Waals surface area (Å²) in [6.45, 7) is 1.89. The lowest BCUT2D eigenvalue weighted by Crippen LogP contribution is -2.14. The molecule has 4 rings (SSSR count). The second kappa shape index (κ2) is 9.97. The number of hydrogen-bond acceptors (Lipinski definition) is 6. The summed E-state index contributed by atoms with van der Waals surface area (Å²) in [5, 5.41) is 15.2. The zero-order chi connectivity index (χ0) is 23.4. The summed E-state index contributed by atoms with van der Waals surface area (Å²) in [6.07, 6.45) is 0.358. The Balaban J connectivity index is 1.56. The highest BCUT2D eigenvalue weighted by atomic mass is 35.5. The van der Waals surface area contributed by atoms with E-state index in [1.165, 1.54) is 23.9 Å². The van der Waals surface area contributed by atoms with Crippen molar-refractivity contribution in [2.75, 3.05) is 11.1 Å². The highest BCUT2D eigenvalue weighted by Crippen LogP contribution is 2.26. The van der Waals surface area contributed by atoms with Crippen LogP contribution in [-0.4, -0.2) is 26.6 Å². The zero-order valence-electron chi connectivity index (χ0n) is 17.6. The SMILES string of the molecule is Cc1ccc(NC(=O)CSc2nc3ccccc3nc2Cc2cccc([N+](=O)[O-])c2)cc1Cl. The van der Waals surface area contributed by atoms with E-state index in [0.717, 1.165) is 16.6 Å². The first kappa shape index (κ1) is 22.7. The molecule has 4 aromatic rings. The Hall–Kier alpha value is -3.49. The summed E-state index contributed by atoms with van der Waals surface area (Å²) < 4.78 is 0. The van der Waals surface area contributed by atoms with Gasteiger partial charge in [-0.1, -0.05) is 53.7 Å². The van der Waals surface area contributed by atoms with Crippen LogP contribution < -0.4 is 5.32 Å². The van der Waals surface area contributed by atoms with Crippen LogP contribution >= 0.6 is 23.4 Å². The Morgan fingerprint density at radius 3 is 2.55 bits per heavy atom. The number of nitro benzene ring substituents is 1. The summed E-state index contributed by atoms with van der Waals surface area (Å²) >= 11 is 7.41. The second-order valence-corrected chi connectivity index (χ2v) is 8.74. The molecule has 1 amide bonds. The fourth-order valence-electron chi connectivity index (χ4n) is 3.23. The monoisotopic (exact) mass is 478 g/mol. The number of amides is 1. The summed E-state index contributed by atoms with van der Waals surface area (Å²) in [5.41, 5.74) is 4.42. The Morgan fingerprint density at radius 2 is 1.82 bits per heavy atom. The molecule has 1 aromatic heterocycles. The van der Waals surface area contributed by atoms with Crippen LogP contribution in [0.15, 0.2) is 71.8 Å². The van der Waals surface area contributed by atoms with E-state index < -0.39 is 4.92 Å². The smallest absolute Gasteiger partial charge is 0.269 e. The molecule has 0 aliphatic rings. The number of rotatable bonds is 7. The molecule has 9 heteroatoms. The number of nitrogens with one attached hydrogen (secondary N) is 1. The molecule has 0 spiro atoms. The lowest BCUT2D eigenvalue weighted by Gasteiger charge is -2.11. The van der Waals surface area contributed by atoms with E-state index in [1.807, 2.05) is 43.3 Å². The van der Waals surface area contributed by atoms with Crippen molar-refractivity contribution in [3.8, 4) is 0 Å². The van der Waals surface area contributed by atoms with Gasteiger partial charge in [0.25, 0.3) is 5.69 Å². The van der Waals surface area contributed by atoms with Crippen molar-refractivity contribution in [1.29, 1.82) is 0 Å². The largest absolute Gasteiger partial charge is 0.325 e. The molecule has 1 heterocycles. The van der Waals surface area contributed by atoms with Crippen molar-refractivity contribution in [2.45, 2.75) is 18.4 Å². The standard InChI is InChI=1S/C24H19ClN4O3S/c1-15-9-10-17(13-19(15)25)26-23(30)14-33-24-22(27-20-7-2-3-8-21(20)28-24)12-16-5-4-6-18(11-16)29(31)32/h2-11,13H,12,14H2,1H3,(H,26,30). The highest BCUT2D eigenvalue weighted by Gasteiger charge is 2.14. The first-order valence-corrected chi connectivity index (χ1v) is 11.4. The number of fused-ring (bicyclic) bond motifs is 1. The number of benzene rings is 3. The van der Waals surface area contributed by atoms with Gasteiger partial charge in [-0.25, -0.2) is 9.97 Å². The van der Waals surface area contributed by atoms with Crippen LogP contribution in [0.4, 0.5) is 11.4 Å². The van der Waals surface area contributed by atoms with Gasteiger partial charge in [0.05, 0.1) is 27.4 Å². The van der Waals surface area contributed by atoms with Crippen molar-refractivity contribution in [2.24, 2.45) is 0 Å². The number of thioether (sulfide) groups is 1. The summed E-state index contributed by atoms with van der Waals surface area (Å²) in [7, 11) is 0. The van der Waals surface area contributed by atoms with E-state index in [-0.39, 0.29) is 17.3 Å². The maximum atomic E-state index is 12.5. The molecule has 0 unspecified atom stereocenters. The van der Waals surface area contributed by atoms with Crippen LogP contribution in [0.25, 0.3) is 11.0 Å². The Kier molecular flexibility index (Phi) is 6.86. The third kappa shape index (κ3) is 5.66. The van der Waals surface area contributed by atoms with Gasteiger partial charge in [0, 0.05) is 29.3 Å². The minimum absolute atomic E-state index is 0.0200. The van der Waals surface area contributed by atoms with E-state index in [9.17, 15) is 14.9 Å². The van der Waals surface area contributed by atoms with Crippen LogP contribution in [0, 0.1) is 17.0 Å². The van der Waals surface area contributed by atoms with Crippen LogP contribution in [0.2, 0.25) is 5.02 Å². The van der Waals surface area contributed by atoms with Crippen LogP contribution in [-0.2, 0) is 11.2 Å². The van der Waals surface area contributed by atoms with Gasteiger partial charge in [-0.2, -0.15) is 0 Å². The van der Waals surface area contributed by atoms with E-state index in [2.05, 4.69) is 5.32 Å². The van der Waals surface area contributed by atoms with Gasteiger partial charge in [0.1, 0.15) is 5.03 Å². The number of halogens is 1. The van der Waals surface area contributed by atoms with E-state index in [4.69, 9.17) is 21.6 Å². The molecule has 0 bridgehead atoms. The summed E-state index contributed by atoms with van der Waals surface area (Å²) in [5.74, 6) is -0.0725. The lowest BCUT2D eigenvalue weighted by molar-refractivity contribution is -0.384. The molecule has 0 saturated carbocycles. The first-order valence-electron chi connectivity index (χ1n) is 10.1. The zero-order valence-corrected chi connectivity index (χ0v) is 19.2. The van der Waals surface area contributed by atoms with Crippen LogP contribution in [0.3, 0.4) is 0 Å². The fraction of sp³-hybridized carbons (Fsp3) is 0.125. The average molecular weight is 479 g/mol. The third-order valence-corrected chi connectivity index (χ3v) is 6.31. The minimum Gasteiger partial charge on any atom is -0.325 e. The number of carbonyl (C=O) groups is 1. The maximum absolute atomic E-state index is 12.5. The predicted molar refractivity (Wildman–Crippen MR) is 131 cm³/mol. The minimum atomic E-state index is -0.424. The van der Waals surface area contributed by atoms with Crippen molar-refractivity contribution in [1.82, 2.24) is 9.97 Å². The Labute approximate surface area is 199 Å². The predicted octanol–water partition coefficient (Wildman–Crippen LogP) is 5.82. The van der Waals surface area contributed by atoms with Crippen molar-refractivity contribution in [3.05, 3.63) is 98.7 Å². The van der Waals surface area contributed by atoms with Crippen molar-refractivity contribution in [3.63, 3.8) is 0 Å². The number of para-hydroxylation sites is 2. The molecule has 1 N–H and O–H groups in total. The molecule has 0 atom stereocenters. The molecule has 7 nitrogen and oxygen atoms in total. The number of nitrogens with zero attached hydrogens (tertiary/aromatic N) is 3. The van der Waals surface area contributed by atoms with Gasteiger partial charge in [-0.3, -0.25) is 14.9 Å². The number of aromatic nitrogens is 2. The maximum Gasteiger partial charge on any atom is 0.269 e. The topological polar surface area (TPSA) is 98.0 Å². The molecule has 166 valence electrons. The molecule has 0 aliphatic heterocycles. The molecule has 0 fully saturated rings. The lowest BCUT2D eigenvalue weighted by atomic mass is 10.1. The van der Waals surface area contributed by atoms with E-state index >= 15 is 0 Å². The summed E-state index contributed by atoms with van der Waals surface area (Å²) in [4.78, 5) is 32.7. The number of nitro groups is 1. The Bertz CT molecular complexity index is 1360. The molecule has 0 saturated heterocycles. The van der Waals surface area contributed by atoms with E-state index in [0.29, 0.717) is 33.4 Å². The number of hydrogen-bond donors (Lipinski definition) is 1. The first-order chi connectivity index (χ1) is 15.9. The normalized spacial score (nSPS) is 10.8. The van der Waals surface area contributed by atoms with Gasteiger partial charge in [0.2, 0.25) is 5.91 Å². The molecule has 0 aliphatic carbocycles. The van der Waals surface area contributed by atoms with Gasteiger partial charge in [-0.05, 0) is 42.3 Å². The third-order valence-electron chi connectivity index (χ3n) is 4.89.